The molecular weight excluding hydrogens is 1420 g/mol. The number of sulfonamides is 1. The SMILES string of the molecule is CC(C)(C)N1C(=O)C(NC2CCN(c3ncc(C(F)(F)F)cc3Cl)CC2)=C(c2ccccc2)S1(=O)=O.CC(C)(C)N1C(=O)C(NCCOc2ccccc2OS(C)(=O)=O)=C(c2ccccc2)S1(O)O.CC(C)(C)OC(=O)N1CC(CCNC2=C(c3ccccc3)S(O)(O)N(C(C)(C)C)C2=O)C1. The number of aromatic nitrogens is 1. The number of nitrogens with zero attached hydrogens (tertiary/aromatic N) is 6. The summed E-state index contributed by atoms with van der Waals surface area (Å²) in [6, 6.07) is 33.1. The van der Waals surface area contributed by atoms with E-state index in [9.17, 15) is 67.4 Å². The number of hydrogen-bond donors (Lipinski definition) is 7. The second-order valence-electron chi connectivity index (χ2n) is 28.4. The Morgan fingerprint density at radius 2 is 1.05 bits per heavy atom. The molecular formula is C69H89ClF3N9O15S4. The van der Waals surface area contributed by atoms with Gasteiger partial charge in [0.15, 0.2) is 11.5 Å². The van der Waals surface area contributed by atoms with Crippen molar-refractivity contribution in [1.82, 2.24) is 38.7 Å². The predicted molar refractivity (Wildman–Crippen MR) is 386 cm³/mol. The number of amides is 4. The lowest BCUT2D eigenvalue weighted by molar-refractivity contribution is -0.138. The van der Waals surface area contributed by atoms with E-state index in [0.717, 1.165) is 33.6 Å². The standard InChI is InChI=1S/C24H26ClF3N4O3S.C23H35N3O5S.C22H28N2O7S2/c1-23(2,3)32-22(33)19(20(36(32,34)35)15-7-5-4-6-8-15)30-17-9-11-31(12-10-17)21-18(25)13-16(14-29-21)24(26,27)28;1-22(2,3)26-20(27)18(19(32(26,29)30)17-10-8-7-9-11-17)24-13-12-16-14-25(15-16)21(28)31-23(4,5)6;1-22(2,3)24-21(25)19(20(33(24,28)29)16-10-6-5-7-11-16)23-14-15-30-17-12-8-9-13-18(17)31-32(4,26)27/h4-8,13-14,17,30H,9-12H2,1-3H3;7-11,16,24,29-30H,12-15H2,1-6H3;5-13,23,28-29H,14-15H2,1-4H3. The van der Waals surface area contributed by atoms with Gasteiger partial charge < -0.3 is 39.4 Å². The van der Waals surface area contributed by atoms with Crippen molar-refractivity contribution in [1.29, 1.82) is 0 Å². The summed E-state index contributed by atoms with van der Waals surface area (Å²) in [5.41, 5.74) is -2.11. The van der Waals surface area contributed by atoms with E-state index in [4.69, 9.17) is 25.3 Å². The lowest BCUT2D eigenvalue weighted by Crippen LogP contribution is -2.52. The summed E-state index contributed by atoms with van der Waals surface area (Å²) in [7, 11) is -14.9. The maximum Gasteiger partial charge on any atom is 0.417 e. The number of carbonyl (C=O) groups excluding carboxylic acids is 4. The number of likely N-dealkylation sites (tertiary alicyclic amines) is 1. The van der Waals surface area contributed by atoms with E-state index in [1.165, 1.54) is 10.4 Å². The zero-order valence-electron chi connectivity index (χ0n) is 58.5. The van der Waals surface area contributed by atoms with Crippen LogP contribution >= 0.6 is 33.2 Å². The first-order chi connectivity index (χ1) is 46.7. The fraction of sp³-hybridized carbons (Fsp3) is 0.435. The molecule has 0 aliphatic carbocycles. The first-order valence-electron chi connectivity index (χ1n) is 32.3. The van der Waals surface area contributed by atoms with Crippen LogP contribution in [0.4, 0.5) is 23.8 Å². The second-order valence-corrected chi connectivity index (χ2v) is 35.8. The minimum Gasteiger partial charge on any atom is -0.488 e. The number of halogens is 4. The molecule has 1 aromatic heterocycles. The van der Waals surface area contributed by atoms with Crippen molar-refractivity contribution in [3.05, 3.63) is 172 Å². The van der Waals surface area contributed by atoms with Crippen LogP contribution in [-0.4, -0.2) is 162 Å². The van der Waals surface area contributed by atoms with Gasteiger partial charge in [-0.15, -0.1) is 0 Å². The van der Waals surface area contributed by atoms with Crippen molar-refractivity contribution in [2.24, 2.45) is 5.92 Å². The Balaban J connectivity index is 0.000000193. The molecule has 2 saturated heterocycles. The Morgan fingerprint density at radius 1 is 0.624 bits per heavy atom. The van der Waals surface area contributed by atoms with Crippen LogP contribution in [0.1, 0.15) is 125 Å². The number of hydrogen-bond acceptors (Lipinski definition) is 20. The van der Waals surface area contributed by atoms with Gasteiger partial charge in [0.25, 0.3) is 27.7 Å². The van der Waals surface area contributed by atoms with Crippen molar-refractivity contribution in [3.8, 4) is 11.5 Å². The minimum atomic E-state index is -4.54. The van der Waals surface area contributed by atoms with E-state index in [1.54, 1.807) is 175 Å². The van der Waals surface area contributed by atoms with Crippen molar-refractivity contribution in [2.75, 3.05) is 57.0 Å². The highest BCUT2D eigenvalue weighted by Crippen LogP contribution is 2.65. The van der Waals surface area contributed by atoms with Gasteiger partial charge in [0.1, 0.15) is 49.8 Å². The summed E-state index contributed by atoms with van der Waals surface area (Å²) in [4.78, 5) is 59.6. The van der Waals surface area contributed by atoms with Gasteiger partial charge >= 0.3 is 22.4 Å². The highest BCUT2D eigenvalue weighted by molar-refractivity contribution is 8.31. The molecule has 2 fully saturated rings. The lowest BCUT2D eigenvalue weighted by Gasteiger charge is -2.45. The molecule has 5 aromatic rings. The van der Waals surface area contributed by atoms with Gasteiger partial charge in [-0.2, -0.15) is 21.6 Å². The Hall–Kier alpha value is -7.75. The van der Waals surface area contributed by atoms with Gasteiger partial charge in [-0.1, -0.05) is 136 Å². The smallest absolute Gasteiger partial charge is 0.417 e. The van der Waals surface area contributed by atoms with E-state index in [0.29, 0.717) is 68.2 Å². The molecule has 10 rings (SSSR count). The number of para-hydroxylation sites is 2. The first-order valence-corrected chi connectivity index (χ1v) is 38.9. The number of pyridine rings is 1. The van der Waals surface area contributed by atoms with Gasteiger partial charge in [-0.3, -0.25) is 32.6 Å². The number of ether oxygens (including phenoxy) is 2. The van der Waals surface area contributed by atoms with E-state index in [2.05, 4.69) is 20.9 Å². The summed E-state index contributed by atoms with van der Waals surface area (Å²) in [5.74, 6) is -0.731. The van der Waals surface area contributed by atoms with Crippen molar-refractivity contribution in [2.45, 2.75) is 137 Å². The molecule has 101 heavy (non-hydrogen) atoms. The van der Waals surface area contributed by atoms with Crippen LogP contribution in [0, 0.1) is 5.92 Å². The van der Waals surface area contributed by atoms with Gasteiger partial charge in [0.05, 0.1) is 33.5 Å². The third-order valence-electron chi connectivity index (χ3n) is 15.9. The predicted octanol–water partition coefficient (Wildman–Crippen LogP) is 12.8. The lowest BCUT2D eigenvalue weighted by atomic mass is 9.97. The molecule has 0 spiro atoms. The third kappa shape index (κ3) is 18.6. The fourth-order valence-corrected chi connectivity index (χ4v) is 18.9. The highest BCUT2D eigenvalue weighted by Gasteiger charge is 2.53. The van der Waals surface area contributed by atoms with Crippen LogP contribution in [0.2, 0.25) is 5.02 Å². The molecule has 0 saturated carbocycles. The number of piperidine rings is 1. The van der Waals surface area contributed by atoms with E-state index in [-0.39, 0.29) is 79.4 Å². The maximum atomic E-state index is 13.5. The molecule has 5 aliphatic rings. The summed E-state index contributed by atoms with van der Waals surface area (Å²) < 4.78 is 152. The van der Waals surface area contributed by atoms with Crippen LogP contribution in [0.5, 0.6) is 11.5 Å². The molecule has 32 heteroatoms. The van der Waals surface area contributed by atoms with E-state index in [1.807, 2.05) is 26.8 Å². The van der Waals surface area contributed by atoms with Crippen molar-refractivity contribution < 1.29 is 81.1 Å². The summed E-state index contributed by atoms with van der Waals surface area (Å²) in [5, 5.41) is 9.23. The number of benzene rings is 4. The van der Waals surface area contributed by atoms with Gasteiger partial charge in [-0.25, -0.2) is 31.1 Å². The van der Waals surface area contributed by atoms with E-state index >= 15 is 0 Å². The number of nitrogens with one attached hydrogen (secondary N) is 3. The average molecular weight is 1510 g/mol. The van der Waals surface area contributed by atoms with Crippen LogP contribution < -0.4 is 29.8 Å². The Bertz CT molecular complexity index is 4210. The topological polar surface area (TPSA) is 310 Å². The number of rotatable bonds is 17. The zero-order chi connectivity index (χ0) is 74.8. The fourth-order valence-electron chi connectivity index (χ4n) is 11.8. The quantitative estimate of drug-likeness (QED) is 0.0336. The third-order valence-corrected chi connectivity index (χ3v) is 23.2. The summed E-state index contributed by atoms with van der Waals surface area (Å²) in [6.07, 6.45) is -1.42. The molecule has 24 nitrogen and oxygen atoms in total. The van der Waals surface area contributed by atoms with Crippen LogP contribution in [-0.2, 0) is 45.4 Å². The summed E-state index contributed by atoms with van der Waals surface area (Å²) in [6.45, 7) is 23.7. The molecule has 0 atom stereocenters. The number of anilines is 1. The van der Waals surface area contributed by atoms with Crippen molar-refractivity contribution >= 4 is 97.6 Å². The van der Waals surface area contributed by atoms with Crippen LogP contribution in [0.25, 0.3) is 14.7 Å². The average Bonchev–Trinajstić information content (AvgIpc) is 1.59. The van der Waals surface area contributed by atoms with Crippen molar-refractivity contribution in [3.63, 3.8) is 0 Å². The minimum absolute atomic E-state index is 0.0280. The van der Waals surface area contributed by atoms with Gasteiger partial charge in [0, 0.05) is 62.6 Å². The Morgan fingerprint density at radius 3 is 1.48 bits per heavy atom. The maximum absolute atomic E-state index is 13.5. The molecule has 0 unspecified atom stereocenters. The molecule has 7 N–H and O–H groups in total. The van der Waals surface area contributed by atoms with Crippen LogP contribution in [0.15, 0.2) is 145 Å². The highest BCUT2D eigenvalue weighted by atomic mass is 35.5. The van der Waals surface area contributed by atoms with Gasteiger partial charge in [-0.05, 0) is 132 Å². The summed E-state index contributed by atoms with van der Waals surface area (Å²) >= 11 is 6.09. The largest absolute Gasteiger partial charge is 0.488 e. The normalized spacial score (nSPS) is 18.9. The number of alkyl halides is 3. The molecule has 0 bridgehead atoms. The molecule has 552 valence electrons. The Kier molecular flexibility index (Phi) is 23.7. The molecule has 4 amide bonds. The first kappa shape index (κ1) is 79.0. The van der Waals surface area contributed by atoms with Gasteiger partial charge in [0.2, 0.25) is 0 Å². The Labute approximate surface area is 597 Å². The molecule has 5 aliphatic heterocycles. The van der Waals surface area contributed by atoms with E-state index < -0.39 is 93.4 Å². The molecule has 4 aromatic carbocycles. The number of carbonyl (C=O) groups is 4. The monoisotopic (exact) mass is 1500 g/mol. The second kappa shape index (κ2) is 30.3. The molecule has 0 radical (unpaired) electrons. The molecule has 6 heterocycles. The zero-order valence-corrected chi connectivity index (χ0v) is 62.5. The van der Waals surface area contributed by atoms with Crippen LogP contribution in [0.3, 0.4) is 0 Å².